The molecule has 0 radical (unpaired) electrons. The average Bonchev–Trinajstić information content (AvgIpc) is 2.43. The molecule has 0 bridgehead atoms. The maximum absolute atomic E-state index is 13.5. The van der Waals surface area contributed by atoms with Crippen LogP contribution in [0.2, 0.25) is 0 Å². The number of amides is 1. The molecule has 2 aliphatic rings. The van der Waals surface area contributed by atoms with Crippen LogP contribution in [0.1, 0.15) is 18.1 Å². The average molecular weight is 342 g/mol. The Bertz CT molecular complexity index is 707. The quantitative estimate of drug-likeness (QED) is 0.841. The maximum atomic E-state index is 13.5. The van der Waals surface area contributed by atoms with Crippen LogP contribution in [-0.4, -0.2) is 54.0 Å². The number of β-amino-alcohol motifs (C(OH)–C–C–N with tert-alkyl or cyclic N) is 1. The predicted octanol–water partition coefficient (Wildman–Crippen LogP) is 1.000. The second kappa shape index (κ2) is 5.37. The van der Waals surface area contributed by atoms with Gasteiger partial charge in [-0.3, -0.25) is 4.79 Å². The maximum Gasteiger partial charge on any atom is 0.418 e. The number of anilines is 1. The monoisotopic (exact) mass is 342 g/mol. The lowest BCUT2D eigenvalue weighted by Crippen LogP contribution is -2.60. The van der Waals surface area contributed by atoms with E-state index in [0.29, 0.717) is 0 Å². The summed E-state index contributed by atoms with van der Waals surface area (Å²) in [5.74, 6) is -0.0565. The van der Waals surface area contributed by atoms with Gasteiger partial charge in [0.15, 0.2) is 5.84 Å². The molecule has 2 aliphatic heterocycles. The van der Waals surface area contributed by atoms with Crippen LogP contribution in [-0.2, 0) is 11.0 Å². The van der Waals surface area contributed by atoms with E-state index in [1.54, 1.807) is 14.0 Å². The number of likely N-dealkylation sites (N-methyl/N-ethyl adjacent to an activating group) is 1. The van der Waals surface area contributed by atoms with Crippen molar-refractivity contribution in [1.29, 1.82) is 0 Å². The van der Waals surface area contributed by atoms with Crippen LogP contribution in [0.4, 0.5) is 18.9 Å². The van der Waals surface area contributed by atoms with Crippen molar-refractivity contribution in [2.24, 2.45) is 5.10 Å². The number of nitrogens with zero attached hydrogens (tertiary/aromatic N) is 3. The zero-order valence-electron chi connectivity index (χ0n) is 13.2. The first-order valence-corrected chi connectivity index (χ1v) is 7.33. The molecule has 2 N–H and O–H groups in total. The third kappa shape index (κ3) is 3.03. The lowest BCUT2D eigenvalue weighted by molar-refractivity contribution is -0.137. The highest BCUT2D eigenvalue weighted by atomic mass is 19.4. The van der Waals surface area contributed by atoms with E-state index in [1.807, 2.05) is 0 Å². The Morgan fingerprint density at radius 3 is 2.54 bits per heavy atom. The first-order valence-electron chi connectivity index (χ1n) is 7.33. The van der Waals surface area contributed by atoms with Gasteiger partial charge in [-0.25, -0.2) is 5.43 Å². The van der Waals surface area contributed by atoms with Crippen LogP contribution >= 0.6 is 0 Å². The van der Waals surface area contributed by atoms with Crippen molar-refractivity contribution in [1.82, 2.24) is 10.3 Å². The van der Waals surface area contributed by atoms with Gasteiger partial charge in [0.1, 0.15) is 0 Å². The van der Waals surface area contributed by atoms with Crippen molar-refractivity contribution in [2.75, 3.05) is 31.6 Å². The van der Waals surface area contributed by atoms with Gasteiger partial charge in [-0.1, -0.05) is 0 Å². The number of benzene rings is 1. The number of hydrogen-bond donors (Lipinski definition) is 2. The molecule has 1 amide bonds. The third-order valence-electron chi connectivity index (χ3n) is 3.99. The molecule has 24 heavy (non-hydrogen) atoms. The number of rotatable bonds is 2. The van der Waals surface area contributed by atoms with Crippen LogP contribution < -0.4 is 10.3 Å². The molecule has 3 rings (SSSR count). The van der Waals surface area contributed by atoms with Crippen molar-refractivity contribution in [2.45, 2.75) is 18.7 Å². The second-order valence-corrected chi connectivity index (χ2v) is 6.41. The zero-order chi connectivity index (χ0) is 17.7. The van der Waals surface area contributed by atoms with Crippen molar-refractivity contribution >= 4 is 17.4 Å². The van der Waals surface area contributed by atoms with Crippen molar-refractivity contribution in [3.63, 3.8) is 0 Å². The minimum atomic E-state index is -4.54. The molecule has 1 fully saturated rings. The first-order chi connectivity index (χ1) is 11.1. The Morgan fingerprint density at radius 2 is 2.00 bits per heavy atom. The number of hydrazone groups is 1. The molecular weight excluding hydrogens is 325 g/mol. The Morgan fingerprint density at radius 1 is 1.33 bits per heavy atom. The molecule has 130 valence electrons. The molecule has 6 nitrogen and oxygen atoms in total. The van der Waals surface area contributed by atoms with E-state index in [2.05, 4.69) is 10.5 Å². The zero-order valence-corrected chi connectivity index (χ0v) is 13.2. The van der Waals surface area contributed by atoms with Crippen LogP contribution in [0, 0.1) is 0 Å². The number of alkyl halides is 3. The van der Waals surface area contributed by atoms with Crippen LogP contribution in [0.5, 0.6) is 0 Å². The summed E-state index contributed by atoms with van der Waals surface area (Å²) in [5.41, 5.74) is 0.804. The van der Waals surface area contributed by atoms with E-state index in [0.717, 1.165) is 6.07 Å². The SMILES string of the molecule is CN1CC(=O)NN=C1c1ccc(N2CC(C)(O)C2)c(C(F)(F)F)c1. The number of aliphatic hydroxyl groups is 1. The standard InChI is InChI=1S/C15H17F3N4O2/c1-14(24)7-22(8-14)11-4-3-9(5-10(11)15(16,17)18)13-20-19-12(23)6-21(13)2/h3-5,24H,6-8H2,1-2H3,(H,19,23). The van der Waals surface area contributed by atoms with E-state index in [4.69, 9.17) is 0 Å². The van der Waals surface area contributed by atoms with Gasteiger partial charge in [0.05, 0.1) is 17.7 Å². The van der Waals surface area contributed by atoms with E-state index in [-0.39, 0.29) is 42.6 Å². The molecule has 1 aromatic carbocycles. The van der Waals surface area contributed by atoms with Crippen molar-refractivity contribution in [3.8, 4) is 0 Å². The summed E-state index contributed by atoms with van der Waals surface area (Å²) in [6, 6.07) is 3.93. The highest BCUT2D eigenvalue weighted by molar-refractivity contribution is 6.03. The molecule has 0 aromatic heterocycles. The summed E-state index contributed by atoms with van der Waals surface area (Å²) >= 11 is 0. The Labute approximate surface area is 136 Å². The predicted molar refractivity (Wildman–Crippen MR) is 81.6 cm³/mol. The number of hydrogen-bond acceptors (Lipinski definition) is 5. The van der Waals surface area contributed by atoms with Gasteiger partial charge in [-0.2, -0.15) is 18.3 Å². The van der Waals surface area contributed by atoms with E-state index >= 15 is 0 Å². The number of carbonyl (C=O) groups is 1. The summed E-state index contributed by atoms with van der Waals surface area (Å²) in [5, 5.41) is 13.6. The second-order valence-electron chi connectivity index (χ2n) is 6.41. The topological polar surface area (TPSA) is 68.2 Å². The number of halogens is 3. The molecule has 9 heteroatoms. The van der Waals surface area contributed by atoms with Crippen molar-refractivity contribution in [3.05, 3.63) is 29.3 Å². The van der Waals surface area contributed by atoms with Gasteiger partial charge < -0.3 is 14.9 Å². The summed E-state index contributed by atoms with van der Waals surface area (Å²) in [6.45, 7) is 1.90. The van der Waals surface area contributed by atoms with Crippen LogP contribution in [0.15, 0.2) is 23.3 Å². The van der Waals surface area contributed by atoms with E-state index < -0.39 is 17.3 Å². The Balaban J connectivity index is 1.98. The van der Waals surface area contributed by atoms with Crippen LogP contribution in [0.3, 0.4) is 0 Å². The van der Waals surface area contributed by atoms with Gasteiger partial charge in [0.25, 0.3) is 5.91 Å². The normalized spacial score (nSPS) is 20.4. The fraction of sp³-hybridized carbons (Fsp3) is 0.467. The molecule has 0 unspecified atom stereocenters. The smallest absolute Gasteiger partial charge is 0.386 e. The molecule has 0 saturated carbocycles. The highest BCUT2D eigenvalue weighted by Crippen LogP contribution is 2.40. The number of carbonyl (C=O) groups excluding carboxylic acids is 1. The highest BCUT2D eigenvalue weighted by Gasteiger charge is 2.42. The lowest BCUT2D eigenvalue weighted by Gasteiger charge is -2.46. The molecule has 2 heterocycles. The molecular formula is C15H17F3N4O2. The lowest BCUT2D eigenvalue weighted by atomic mass is 9.94. The summed E-state index contributed by atoms with van der Waals surface area (Å²) in [6.07, 6.45) is -4.54. The summed E-state index contributed by atoms with van der Waals surface area (Å²) in [4.78, 5) is 14.2. The van der Waals surface area contributed by atoms with Crippen LogP contribution in [0.25, 0.3) is 0 Å². The van der Waals surface area contributed by atoms with Gasteiger partial charge in [0, 0.05) is 31.4 Å². The van der Waals surface area contributed by atoms with Crippen molar-refractivity contribution < 1.29 is 23.1 Å². The molecule has 1 saturated heterocycles. The fourth-order valence-corrected chi connectivity index (χ4v) is 2.94. The summed E-state index contributed by atoms with van der Waals surface area (Å²) < 4.78 is 40.4. The largest absolute Gasteiger partial charge is 0.418 e. The van der Waals surface area contributed by atoms with Gasteiger partial charge in [-0.15, -0.1) is 0 Å². The Hall–Kier alpha value is -2.29. The Kier molecular flexibility index (Phi) is 3.71. The van der Waals surface area contributed by atoms with Gasteiger partial charge in [-0.05, 0) is 25.1 Å². The first kappa shape index (κ1) is 16.6. The molecule has 0 spiro atoms. The molecule has 0 atom stereocenters. The molecule has 1 aromatic rings. The third-order valence-corrected chi connectivity index (χ3v) is 3.99. The van der Waals surface area contributed by atoms with Gasteiger partial charge in [0.2, 0.25) is 0 Å². The minimum absolute atomic E-state index is 0.0247. The molecule has 0 aliphatic carbocycles. The number of amidine groups is 1. The van der Waals surface area contributed by atoms with Gasteiger partial charge >= 0.3 is 6.18 Å². The number of nitrogens with one attached hydrogen (secondary N) is 1. The summed E-state index contributed by atoms with van der Waals surface area (Å²) in [7, 11) is 1.59. The fourth-order valence-electron chi connectivity index (χ4n) is 2.94. The minimum Gasteiger partial charge on any atom is -0.386 e. The van der Waals surface area contributed by atoms with E-state index in [9.17, 15) is 23.1 Å². The van der Waals surface area contributed by atoms with E-state index in [1.165, 1.54) is 21.9 Å².